The van der Waals surface area contributed by atoms with Crippen molar-refractivity contribution in [2.24, 2.45) is 11.7 Å². The highest BCUT2D eigenvalue weighted by molar-refractivity contribution is 7.15. The number of rotatable bonds is 8. The van der Waals surface area contributed by atoms with Crippen LogP contribution in [0.1, 0.15) is 118 Å². The second-order valence-electron chi connectivity index (χ2n) is 19.4. The number of thiazole rings is 6. The molecule has 0 unspecified atom stereocenters. The van der Waals surface area contributed by atoms with E-state index in [0.717, 1.165) is 33.8 Å². The number of fused-ring (bicyclic) bond motifs is 16. The van der Waals surface area contributed by atoms with Gasteiger partial charge in [-0.3, -0.25) is 24.0 Å². The number of aryl methyl sites for hydroxylation is 2. The molecule has 408 valence electrons. The fourth-order valence-corrected chi connectivity index (χ4v) is 15.0. The first kappa shape index (κ1) is 54.7. The summed E-state index contributed by atoms with van der Waals surface area (Å²) in [6.45, 7) is 5.23. The van der Waals surface area contributed by atoms with Crippen molar-refractivity contribution in [3.8, 4) is 43.4 Å². The van der Waals surface area contributed by atoms with Crippen molar-refractivity contribution in [3.05, 3.63) is 153 Å². The number of amides is 4. The number of carbonyl (C=O) groups excluding carboxylic acids is 5. The van der Waals surface area contributed by atoms with E-state index in [2.05, 4.69) is 15.6 Å². The minimum absolute atomic E-state index is 0.0231. The van der Waals surface area contributed by atoms with Gasteiger partial charge >= 0.3 is 0 Å². The standard InChI is InChI=1S/C55H49N11O8S6/c1-25-9-11-28(12-10-25)15-35-55(74)66-18-41(69)26(2)45(66)54-64-39(24-79-54)52-61-36(21-78-52)44-31(13-14-33(58-44)51-57-30(19-67)20-75-51)49-62-37(22-76-49)47(72)59-34(17-42(56)70)53-65-43(27(3)80-53)40(68)16-32(46(71)29-7-5-4-6-8-29)50-63-38(23-77-50)48(73)60-35/h4-14,20-24,26,32,34-35,41,45-46,67,69,71H,15-19H2,1-3H3,(H2,56,70)(H,59,72)(H,60,73)/t26-,32-,34-,35-,41-,45-,46+/m0/s1. The fourth-order valence-electron chi connectivity index (χ4n) is 9.65. The van der Waals surface area contributed by atoms with Gasteiger partial charge in [0.1, 0.15) is 65.2 Å². The largest absolute Gasteiger partial charge is 0.391 e. The second-order valence-corrected chi connectivity index (χ2v) is 25.0. The number of aliphatic hydroxyl groups excluding tert-OH is 3. The van der Waals surface area contributed by atoms with Crippen molar-refractivity contribution in [2.45, 2.75) is 82.9 Å². The smallest absolute Gasteiger partial charge is 0.271 e. The van der Waals surface area contributed by atoms with E-state index < -0.39 is 71.6 Å². The zero-order chi connectivity index (χ0) is 55.9. The molecule has 2 aliphatic rings. The molecule has 19 nitrogen and oxygen atoms in total. The van der Waals surface area contributed by atoms with Gasteiger partial charge in [0, 0.05) is 68.6 Å². The number of aliphatic hydroxyl groups is 3. The highest BCUT2D eigenvalue weighted by Crippen LogP contribution is 2.43. The number of carbonyl (C=O) groups is 5. The van der Waals surface area contributed by atoms with Crippen LogP contribution in [-0.4, -0.2) is 103 Å². The van der Waals surface area contributed by atoms with Crippen molar-refractivity contribution >= 4 is 97.4 Å². The number of nitrogens with one attached hydrogen (secondary N) is 2. The van der Waals surface area contributed by atoms with Crippen LogP contribution >= 0.6 is 68.0 Å². The van der Waals surface area contributed by atoms with Gasteiger partial charge in [0.2, 0.25) is 11.8 Å². The molecule has 0 radical (unpaired) electrons. The van der Waals surface area contributed by atoms with E-state index in [1.54, 1.807) is 59.0 Å². The van der Waals surface area contributed by atoms with Gasteiger partial charge in [0.15, 0.2) is 5.78 Å². The normalized spacial score (nSPS) is 20.2. The summed E-state index contributed by atoms with van der Waals surface area (Å²) in [6, 6.07) is 17.1. The fraction of sp³-hybridized carbons (Fsp3) is 0.273. The average Bonchev–Trinajstić information content (AvgIpc) is 4.38. The van der Waals surface area contributed by atoms with Gasteiger partial charge < -0.3 is 36.6 Å². The Labute approximate surface area is 481 Å². The number of aromatic nitrogens is 7. The van der Waals surface area contributed by atoms with Crippen LogP contribution in [0.2, 0.25) is 0 Å². The van der Waals surface area contributed by atoms with Gasteiger partial charge in [0.25, 0.3) is 11.8 Å². The summed E-state index contributed by atoms with van der Waals surface area (Å²) in [7, 11) is 0. The van der Waals surface area contributed by atoms with Crippen LogP contribution in [0, 0.1) is 19.8 Å². The molecule has 1 fully saturated rings. The quantitative estimate of drug-likeness (QED) is 0.0835. The van der Waals surface area contributed by atoms with Crippen LogP contribution in [0.15, 0.2) is 93.6 Å². The monoisotopic (exact) mass is 1180 g/mol. The van der Waals surface area contributed by atoms with Gasteiger partial charge in [-0.2, -0.15) is 0 Å². The number of primary amides is 1. The number of benzene rings is 2. The van der Waals surface area contributed by atoms with E-state index in [0.29, 0.717) is 64.5 Å². The van der Waals surface area contributed by atoms with Gasteiger partial charge in [0.05, 0.1) is 53.7 Å². The van der Waals surface area contributed by atoms with E-state index in [9.17, 15) is 34.5 Å². The molecule has 11 rings (SSSR count). The molecule has 7 N–H and O–H groups in total. The molecule has 10 bridgehead atoms. The highest BCUT2D eigenvalue weighted by atomic mass is 32.1. The molecule has 4 amide bonds. The third kappa shape index (κ3) is 11.3. The first-order chi connectivity index (χ1) is 38.6. The summed E-state index contributed by atoms with van der Waals surface area (Å²) in [5, 5.41) is 50.3. The zero-order valence-electron chi connectivity index (χ0n) is 42.8. The Kier molecular flexibility index (Phi) is 15.8. The molecule has 0 saturated carbocycles. The highest BCUT2D eigenvalue weighted by Gasteiger charge is 2.45. The molecule has 2 aromatic carbocycles. The van der Waals surface area contributed by atoms with E-state index in [-0.39, 0.29) is 59.5 Å². The van der Waals surface area contributed by atoms with Crippen LogP contribution in [0.25, 0.3) is 43.4 Å². The molecule has 7 aromatic heterocycles. The number of hydrogen-bond donors (Lipinski definition) is 6. The van der Waals surface area contributed by atoms with Crippen molar-refractivity contribution in [3.63, 3.8) is 0 Å². The van der Waals surface area contributed by atoms with Crippen LogP contribution in [0.5, 0.6) is 0 Å². The Morgan fingerprint density at radius 1 is 0.700 bits per heavy atom. The average molecular weight is 1180 g/mol. The first-order valence-electron chi connectivity index (χ1n) is 25.2. The Bertz CT molecular complexity index is 3790. The number of ketones is 1. The topological polar surface area (TPSA) is 290 Å². The van der Waals surface area contributed by atoms with Crippen molar-refractivity contribution < 1.29 is 39.3 Å². The van der Waals surface area contributed by atoms with Gasteiger partial charge in [-0.1, -0.05) is 67.1 Å². The number of hydrogen-bond acceptors (Lipinski definition) is 21. The van der Waals surface area contributed by atoms with Gasteiger partial charge in [-0.15, -0.1) is 68.0 Å². The molecular formula is C55H49N11O8S6. The maximum Gasteiger partial charge on any atom is 0.271 e. The Balaban J connectivity index is 1.02. The van der Waals surface area contributed by atoms with Gasteiger partial charge in [-0.05, 0) is 37.1 Å². The Morgan fingerprint density at radius 2 is 1.35 bits per heavy atom. The predicted octanol–water partition coefficient (Wildman–Crippen LogP) is 8.27. The van der Waals surface area contributed by atoms with Crippen molar-refractivity contribution in [2.75, 3.05) is 6.54 Å². The molecular weight excluding hydrogens is 1140 g/mol. The third-order valence-electron chi connectivity index (χ3n) is 13.9. The van der Waals surface area contributed by atoms with E-state index >= 15 is 4.79 Å². The summed E-state index contributed by atoms with van der Waals surface area (Å²) in [5.41, 5.74) is 11.0. The summed E-state index contributed by atoms with van der Waals surface area (Å²) < 4.78 is 0. The van der Waals surface area contributed by atoms with Gasteiger partial charge in [-0.25, -0.2) is 34.9 Å². The van der Waals surface area contributed by atoms with E-state index in [4.69, 9.17) is 35.6 Å². The third-order valence-corrected chi connectivity index (χ3v) is 19.5. The summed E-state index contributed by atoms with van der Waals surface area (Å²) >= 11 is 7.35. The maximum atomic E-state index is 15.2. The lowest BCUT2D eigenvalue weighted by Crippen LogP contribution is -2.50. The predicted molar refractivity (Wildman–Crippen MR) is 306 cm³/mol. The summed E-state index contributed by atoms with van der Waals surface area (Å²) in [6.07, 6.45) is -2.73. The molecule has 9 aromatic rings. The molecule has 9 heterocycles. The lowest BCUT2D eigenvalue weighted by Gasteiger charge is -2.29. The van der Waals surface area contributed by atoms with Crippen molar-refractivity contribution in [1.82, 2.24) is 50.4 Å². The summed E-state index contributed by atoms with van der Waals surface area (Å²) in [5.74, 6) is -4.37. The molecule has 1 saturated heterocycles. The number of pyridine rings is 1. The lowest BCUT2D eigenvalue weighted by atomic mass is 9.90. The number of nitrogens with two attached hydrogens (primary N) is 1. The summed E-state index contributed by atoms with van der Waals surface area (Å²) in [4.78, 5) is 107. The molecule has 25 heteroatoms. The minimum Gasteiger partial charge on any atom is -0.391 e. The van der Waals surface area contributed by atoms with Crippen molar-refractivity contribution in [1.29, 1.82) is 0 Å². The molecule has 0 aliphatic carbocycles. The molecule has 7 atom stereocenters. The van der Waals surface area contributed by atoms with E-state index in [1.165, 1.54) is 50.7 Å². The Hall–Kier alpha value is -7.20. The first-order valence-corrected chi connectivity index (χ1v) is 30.4. The van der Waals surface area contributed by atoms with Crippen LogP contribution in [-0.2, 0) is 22.6 Å². The Morgan fingerprint density at radius 3 is 2.10 bits per heavy atom. The maximum absolute atomic E-state index is 15.2. The van der Waals surface area contributed by atoms with Crippen LogP contribution in [0.4, 0.5) is 0 Å². The second kappa shape index (κ2) is 23.1. The van der Waals surface area contributed by atoms with E-state index in [1.807, 2.05) is 54.9 Å². The van der Waals surface area contributed by atoms with Crippen LogP contribution in [0.3, 0.4) is 0 Å². The number of Topliss-reactive ketones (excluding diaryl/α,β-unsaturated/α-hetero) is 1. The lowest BCUT2D eigenvalue weighted by molar-refractivity contribution is -0.134. The minimum atomic E-state index is -1.27. The molecule has 0 spiro atoms. The zero-order valence-corrected chi connectivity index (χ0v) is 47.7. The molecule has 80 heavy (non-hydrogen) atoms. The number of nitrogens with zero attached hydrogens (tertiary/aromatic N) is 8. The molecule has 2 aliphatic heterocycles. The SMILES string of the molecule is Cc1ccc(C[C@@H]2NC(=O)c3csc(n3)[C@H]([C@H](O)c3ccccc3)CC(=O)c3nc(sc3C)[C@H](CC(N)=O)NC(=O)c3csc(n3)-c3ccc(-c4nc(CO)cs4)nc3-c3csc(n3)-c3csc(n3)[C@@H]3[C@@H](C)[C@@H](O)CN3C2=O)cc1. The van der Waals surface area contributed by atoms with Crippen LogP contribution < -0.4 is 16.4 Å².